The molecule has 2 heterocycles. The first-order valence-corrected chi connectivity index (χ1v) is 8.08. The number of anilines is 2. The van der Waals surface area contributed by atoms with Crippen molar-refractivity contribution in [1.82, 2.24) is 10.4 Å². The first kappa shape index (κ1) is 17.5. The van der Waals surface area contributed by atoms with Crippen LogP contribution in [-0.2, 0) is 9.59 Å². The fourth-order valence-corrected chi connectivity index (χ4v) is 2.85. The first-order chi connectivity index (χ1) is 12.0. The number of aromatic nitrogens is 1. The summed E-state index contributed by atoms with van der Waals surface area (Å²) >= 11 is 11.8. The number of hydrogen-bond acceptors (Lipinski definition) is 6. The molecule has 2 N–H and O–H groups in total. The molecule has 130 valence electrons. The lowest BCUT2D eigenvalue weighted by Crippen LogP contribution is -2.41. The fourth-order valence-electron chi connectivity index (χ4n) is 2.43. The van der Waals surface area contributed by atoms with Crippen molar-refractivity contribution in [3.63, 3.8) is 0 Å². The van der Waals surface area contributed by atoms with Crippen LogP contribution in [0, 0.1) is 0 Å². The largest absolute Gasteiger partial charge is 0.497 e. The fraction of sp³-hybridized carbons (Fsp3) is 0.188. The van der Waals surface area contributed by atoms with Gasteiger partial charge >= 0.3 is 0 Å². The Morgan fingerprint density at radius 3 is 2.80 bits per heavy atom. The molecular formula is C16H14Cl2N4O3. The molecule has 0 spiro atoms. The minimum Gasteiger partial charge on any atom is -0.497 e. The highest BCUT2D eigenvalue weighted by molar-refractivity contribution is 6.36. The summed E-state index contributed by atoms with van der Waals surface area (Å²) in [5.41, 5.74) is 5.99. The van der Waals surface area contributed by atoms with Crippen LogP contribution in [-0.4, -0.2) is 29.9 Å². The standard InChI is InChI=1S/C16H14Cl2N4O3/c1-25-11-4-2-3-10(6-11)22-14(23)7-13(16(22)24)20-21-15-12(18)5-9(17)8-19-15/h2-6,8,13,20H,7H2,1H3,(H,19,21)/t13-/m1/s1. The van der Waals surface area contributed by atoms with Gasteiger partial charge in [0.2, 0.25) is 5.91 Å². The number of ether oxygens (including phenoxy) is 1. The predicted molar refractivity (Wildman–Crippen MR) is 94.9 cm³/mol. The summed E-state index contributed by atoms with van der Waals surface area (Å²) in [7, 11) is 1.52. The number of hydrogen-bond donors (Lipinski definition) is 2. The molecule has 1 fully saturated rings. The molecule has 1 atom stereocenters. The van der Waals surface area contributed by atoms with E-state index in [4.69, 9.17) is 27.9 Å². The number of nitrogens with one attached hydrogen (secondary N) is 2. The van der Waals surface area contributed by atoms with Crippen molar-refractivity contribution < 1.29 is 14.3 Å². The van der Waals surface area contributed by atoms with E-state index in [1.807, 2.05) is 0 Å². The molecule has 0 bridgehead atoms. The maximum Gasteiger partial charge on any atom is 0.253 e. The van der Waals surface area contributed by atoms with Gasteiger partial charge in [0.25, 0.3) is 5.91 Å². The van der Waals surface area contributed by atoms with Crippen molar-refractivity contribution in [2.24, 2.45) is 0 Å². The number of imide groups is 1. The summed E-state index contributed by atoms with van der Waals surface area (Å²) in [5, 5.41) is 0.688. The lowest BCUT2D eigenvalue weighted by Gasteiger charge is -2.17. The van der Waals surface area contributed by atoms with Crippen LogP contribution in [0.15, 0.2) is 36.5 Å². The van der Waals surface area contributed by atoms with Crippen LogP contribution in [0.3, 0.4) is 0 Å². The van der Waals surface area contributed by atoms with Gasteiger partial charge in [-0.15, -0.1) is 0 Å². The maximum atomic E-state index is 12.6. The molecule has 0 aliphatic carbocycles. The number of carbonyl (C=O) groups is 2. The van der Waals surface area contributed by atoms with E-state index in [2.05, 4.69) is 15.8 Å². The van der Waals surface area contributed by atoms with Crippen LogP contribution in [0.2, 0.25) is 10.0 Å². The van der Waals surface area contributed by atoms with Crippen molar-refractivity contribution in [2.75, 3.05) is 17.4 Å². The second-order valence-electron chi connectivity index (χ2n) is 5.28. The van der Waals surface area contributed by atoms with Crippen LogP contribution in [0.5, 0.6) is 5.75 Å². The van der Waals surface area contributed by atoms with E-state index in [9.17, 15) is 9.59 Å². The van der Waals surface area contributed by atoms with Crippen LogP contribution in [0.4, 0.5) is 11.5 Å². The number of methoxy groups -OCH3 is 1. The van der Waals surface area contributed by atoms with Crippen molar-refractivity contribution >= 4 is 46.5 Å². The molecule has 25 heavy (non-hydrogen) atoms. The second-order valence-corrected chi connectivity index (χ2v) is 6.12. The van der Waals surface area contributed by atoms with Gasteiger partial charge in [-0.05, 0) is 18.2 Å². The molecule has 1 saturated heterocycles. The summed E-state index contributed by atoms with van der Waals surface area (Å²) in [4.78, 5) is 30.0. The normalized spacial score (nSPS) is 17.1. The zero-order chi connectivity index (χ0) is 18.0. The zero-order valence-corrected chi connectivity index (χ0v) is 14.6. The molecule has 7 nitrogen and oxygen atoms in total. The number of hydrazine groups is 1. The van der Waals surface area contributed by atoms with E-state index in [1.54, 1.807) is 24.3 Å². The molecule has 1 aliphatic rings. The Kier molecular flexibility index (Phi) is 5.08. The Morgan fingerprint density at radius 1 is 1.28 bits per heavy atom. The predicted octanol–water partition coefficient (Wildman–Crippen LogP) is 2.65. The number of carbonyl (C=O) groups excluding carboxylic acids is 2. The molecule has 0 saturated carbocycles. The Morgan fingerprint density at radius 2 is 2.08 bits per heavy atom. The first-order valence-electron chi connectivity index (χ1n) is 7.33. The Hall–Kier alpha value is -2.35. The third kappa shape index (κ3) is 3.68. The van der Waals surface area contributed by atoms with Gasteiger partial charge in [0.15, 0.2) is 5.82 Å². The molecule has 0 unspecified atom stereocenters. The molecule has 0 radical (unpaired) electrons. The summed E-state index contributed by atoms with van der Waals surface area (Å²) < 4.78 is 5.13. The van der Waals surface area contributed by atoms with Crippen LogP contribution >= 0.6 is 23.2 Å². The quantitative estimate of drug-likeness (QED) is 0.612. The molecule has 9 heteroatoms. The molecule has 1 aliphatic heterocycles. The topological polar surface area (TPSA) is 83.6 Å². The Balaban J connectivity index is 1.72. The third-order valence-electron chi connectivity index (χ3n) is 3.63. The molecule has 2 aromatic rings. The van der Waals surface area contributed by atoms with Gasteiger partial charge in [0.05, 0.1) is 29.3 Å². The summed E-state index contributed by atoms with van der Waals surface area (Å²) in [6, 6.07) is 7.52. The summed E-state index contributed by atoms with van der Waals surface area (Å²) in [5.74, 6) is 0.180. The van der Waals surface area contributed by atoms with E-state index in [1.165, 1.54) is 19.4 Å². The van der Waals surface area contributed by atoms with Crippen LogP contribution in [0.1, 0.15) is 6.42 Å². The Labute approximate surface area is 153 Å². The van der Waals surface area contributed by atoms with Gasteiger partial charge in [-0.1, -0.05) is 29.3 Å². The number of benzene rings is 1. The number of amides is 2. The molecule has 3 rings (SSSR count). The number of rotatable bonds is 5. The van der Waals surface area contributed by atoms with E-state index in [-0.39, 0.29) is 18.2 Å². The van der Waals surface area contributed by atoms with Crippen LogP contribution < -0.4 is 20.5 Å². The van der Waals surface area contributed by atoms with Crippen molar-refractivity contribution in [3.8, 4) is 5.75 Å². The van der Waals surface area contributed by atoms with Crippen LogP contribution in [0.25, 0.3) is 0 Å². The van der Waals surface area contributed by atoms with Gasteiger partial charge in [-0.3, -0.25) is 9.59 Å². The highest BCUT2D eigenvalue weighted by atomic mass is 35.5. The minimum absolute atomic E-state index is 0.00819. The molecule has 2 amide bonds. The van der Waals surface area contributed by atoms with Gasteiger partial charge in [-0.2, -0.15) is 0 Å². The lowest BCUT2D eigenvalue weighted by atomic mass is 10.2. The van der Waals surface area contributed by atoms with E-state index in [0.29, 0.717) is 27.3 Å². The number of halogens is 2. The average Bonchev–Trinajstić information content (AvgIpc) is 2.88. The summed E-state index contributed by atoms with van der Waals surface area (Å²) in [6.07, 6.45) is 1.43. The average molecular weight is 381 g/mol. The Bertz CT molecular complexity index is 831. The van der Waals surface area contributed by atoms with Crippen molar-refractivity contribution in [2.45, 2.75) is 12.5 Å². The van der Waals surface area contributed by atoms with E-state index in [0.717, 1.165) is 4.90 Å². The lowest BCUT2D eigenvalue weighted by molar-refractivity contribution is -0.121. The highest BCUT2D eigenvalue weighted by Crippen LogP contribution is 2.27. The van der Waals surface area contributed by atoms with Gasteiger partial charge < -0.3 is 10.2 Å². The van der Waals surface area contributed by atoms with Crippen molar-refractivity contribution in [1.29, 1.82) is 0 Å². The molecule has 1 aromatic carbocycles. The minimum atomic E-state index is -0.743. The van der Waals surface area contributed by atoms with Gasteiger partial charge in [0, 0.05) is 12.3 Å². The van der Waals surface area contributed by atoms with E-state index < -0.39 is 6.04 Å². The SMILES string of the molecule is COc1cccc(N2C(=O)C[C@@H](NNc3ncc(Cl)cc3Cl)C2=O)c1. The van der Waals surface area contributed by atoms with Crippen molar-refractivity contribution in [3.05, 3.63) is 46.6 Å². The highest BCUT2D eigenvalue weighted by Gasteiger charge is 2.39. The number of nitrogens with zero attached hydrogens (tertiary/aromatic N) is 2. The molecular weight excluding hydrogens is 367 g/mol. The third-order valence-corrected chi connectivity index (χ3v) is 4.13. The smallest absolute Gasteiger partial charge is 0.253 e. The second kappa shape index (κ2) is 7.26. The number of pyridine rings is 1. The zero-order valence-electron chi connectivity index (χ0n) is 13.1. The molecule has 1 aromatic heterocycles. The van der Waals surface area contributed by atoms with Gasteiger partial charge in [0.1, 0.15) is 11.8 Å². The maximum absolute atomic E-state index is 12.6. The van der Waals surface area contributed by atoms with E-state index >= 15 is 0 Å². The van der Waals surface area contributed by atoms with Gasteiger partial charge in [-0.25, -0.2) is 15.3 Å². The monoisotopic (exact) mass is 380 g/mol. The summed E-state index contributed by atoms with van der Waals surface area (Å²) in [6.45, 7) is 0.